The van der Waals surface area contributed by atoms with Gasteiger partial charge in [0.15, 0.2) is 5.69 Å². The first-order chi connectivity index (χ1) is 16.1. The molecule has 11 heteroatoms. The molecule has 180 valence electrons. The van der Waals surface area contributed by atoms with Crippen LogP contribution in [0.5, 0.6) is 0 Å². The summed E-state index contributed by atoms with van der Waals surface area (Å²) < 4.78 is 54.3. The van der Waals surface area contributed by atoms with Gasteiger partial charge in [0.05, 0.1) is 11.3 Å². The van der Waals surface area contributed by atoms with Crippen molar-refractivity contribution in [1.82, 2.24) is 25.0 Å². The normalized spacial score (nSPS) is 15.5. The van der Waals surface area contributed by atoms with Crippen LogP contribution in [0, 0.1) is 5.82 Å². The van der Waals surface area contributed by atoms with E-state index in [9.17, 15) is 22.4 Å². The van der Waals surface area contributed by atoms with Gasteiger partial charge >= 0.3 is 6.18 Å². The van der Waals surface area contributed by atoms with Crippen molar-refractivity contribution in [2.75, 3.05) is 13.1 Å². The standard InChI is InChI=1S/C23H22ClF4N5O/c1-32-21(24)18(20(31-32)23(26,27)28)13-33-9-7-17(8-10-33)30-22(34)15-5-6-19(29-12-15)14-3-2-4-16(25)11-14/h2-6,11-12,17H,7-10,13H2,1H3,(H,30,34). The van der Waals surface area contributed by atoms with Crippen molar-refractivity contribution in [3.8, 4) is 11.3 Å². The number of alkyl halides is 3. The van der Waals surface area contributed by atoms with Crippen molar-refractivity contribution >= 4 is 17.5 Å². The van der Waals surface area contributed by atoms with Crippen molar-refractivity contribution in [3.05, 3.63) is 70.4 Å². The average Bonchev–Trinajstić information content (AvgIpc) is 3.09. The summed E-state index contributed by atoms with van der Waals surface area (Å²) >= 11 is 6.05. The van der Waals surface area contributed by atoms with Gasteiger partial charge in [-0.05, 0) is 37.1 Å². The van der Waals surface area contributed by atoms with Crippen LogP contribution in [0.4, 0.5) is 17.6 Å². The molecule has 1 aliphatic rings. The molecule has 0 unspecified atom stereocenters. The number of pyridine rings is 1. The number of rotatable bonds is 5. The predicted octanol–water partition coefficient (Wildman–Crippen LogP) is 4.69. The molecule has 0 radical (unpaired) electrons. The van der Waals surface area contributed by atoms with E-state index in [0.29, 0.717) is 42.8 Å². The summed E-state index contributed by atoms with van der Waals surface area (Å²) in [6, 6.07) is 9.20. The van der Waals surface area contributed by atoms with E-state index in [2.05, 4.69) is 15.4 Å². The third kappa shape index (κ3) is 5.39. The summed E-state index contributed by atoms with van der Waals surface area (Å²) in [4.78, 5) is 18.7. The number of benzene rings is 1. The number of nitrogens with one attached hydrogen (secondary N) is 1. The maximum absolute atomic E-state index is 13.4. The quantitative estimate of drug-likeness (QED) is 0.522. The van der Waals surface area contributed by atoms with Crippen LogP contribution in [0.2, 0.25) is 5.15 Å². The molecule has 3 heterocycles. The molecular formula is C23H22ClF4N5O. The largest absolute Gasteiger partial charge is 0.435 e. The zero-order chi connectivity index (χ0) is 24.5. The lowest BCUT2D eigenvalue weighted by Gasteiger charge is -2.32. The van der Waals surface area contributed by atoms with Crippen LogP contribution in [0.3, 0.4) is 0 Å². The van der Waals surface area contributed by atoms with Crippen LogP contribution in [0.15, 0.2) is 42.6 Å². The number of aryl methyl sites for hydroxylation is 1. The fourth-order valence-corrected chi connectivity index (χ4v) is 4.18. The number of carbonyl (C=O) groups excluding carboxylic acids is 1. The topological polar surface area (TPSA) is 63.1 Å². The second-order valence-electron chi connectivity index (χ2n) is 8.21. The SMILES string of the molecule is Cn1nc(C(F)(F)F)c(CN2CCC(NC(=O)c3ccc(-c4cccc(F)c4)nc3)CC2)c1Cl. The van der Waals surface area contributed by atoms with Gasteiger partial charge in [0.2, 0.25) is 0 Å². The first-order valence-electron chi connectivity index (χ1n) is 10.7. The third-order valence-corrected chi connectivity index (χ3v) is 6.26. The number of halogens is 5. The van der Waals surface area contributed by atoms with Crippen molar-refractivity contribution in [1.29, 1.82) is 0 Å². The molecule has 1 amide bonds. The highest BCUT2D eigenvalue weighted by atomic mass is 35.5. The average molecular weight is 496 g/mol. The van der Waals surface area contributed by atoms with Crippen molar-refractivity contribution in [3.63, 3.8) is 0 Å². The second kappa shape index (κ2) is 9.71. The number of likely N-dealkylation sites (tertiary alicyclic amines) is 1. The van der Waals surface area contributed by atoms with E-state index >= 15 is 0 Å². The Bertz CT molecular complexity index is 1170. The van der Waals surface area contributed by atoms with E-state index in [-0.39, 0.29) is 35.0 Å². The Morgan fingerprint density at radius 1 is 1.21 bits per heavy atom. The highest BCUT2D eigenvalue weighted by Crippen LogP contribution is 2.35. The van der Waals surface area contributed by atoms with E-state index in [1.807, 2.05) is 4.90 Å². The van der Waals surface area contributed by atoms with Gasteiger partial charge in [0, 0.05) is 50.0 Å². The zero-order valence-corrected chi connectivity index (χ0v) is 19.0. The van der Waals surface area contributed by atoms with Crippen molar-refractivity contribution in [2.24, 2.45) is 7.05 Å². The summed E-state index contributed by atoms with van der Waals surface area (Å²) in [6.45, 7) is 1.04. The van der Waals surface area contributed by atoms with Crippen LogP contribution in [0.25, 0.3) is 11.3 Å². The lowest BCUT2D eigenvalue weighted by atomic mass is 10.0. The number of hydrogen-bond acceptors (Lipinski definition) is 4. The minimum atomic E-state index is -4.58. The number of piperidine rings is 1. The fourth-order valence-electron chi connectivity index (χ4n) is 3.99. The number of aromatic nitrogens is 3. The van der Waals surface area contributed by atoms with Crippen LogP contribution in [-0.4, -0.2) is 44.7 Å². The van der Waals surface area contributed by atoms with Gasteiger partial charge in [-0.1, -0.05) is 23.7 Å². The number of carbonyl (C=O) groups is 1. The van der Waals surface area contributed by atoms with Crippen LogP contribution < -0.4 is 5.32 Å². The fraction of sp³-hybridized carbons (Fsp3) is 0.348. The molecule has 1 aromatic carbocycles. The van der Waals surface area contributed by atoms with Crippen LogP contribution in [-0.2, 0) is 19.8 Å². The summed E-state index contributed by atoms with van der Waals surface area (Å²) in [6.07, 6.45) is -1.97. The summed E-state index contributed by atoms with van der Waals surface area (Å²) in [5.41, 5.74) is 0.533. The number of hydrogen-bond donors (Lipinski definition) is 1. The Morgan fingerprint density at radius 2 is 1.94 bits per heavy atom. The lowest BCUT2D eigenvalue weighted by Crippen LogP contribution is -2.44. The van der Waals surface area contributed by atoms with Gasteiger partial charge in [0.25, 0.3) is 5.91 Å². The predicted molar refractivity (Wildman–Crippen MR) is 119 cm³/mol. The Hall–Kier alpha value is -2.98. The molecule has 0 spiro atoms. The monoisotopic (exact) mass is 495 g/mol. The van der Waals surface area contributed by atoms with Gasteiger partial charge in [-0.15, -0.1) is 0 Å². The number of amides is 1. The molecule has 2 aromatic heterocycles. The van der Waals surface area contributed by atoms with E-state index in [1.165, 1.54) is 25.4 Å². The minimum Gasteiger partial charge on any atom is -0.349 e. The molecule has 0 atom stereocenters. The third-order valence-electron chi connectivity index (χ3n) is 5.79. The lowest BCUT2D eigenvalue weighted by molar-refractivity contribution is -0.142. The van der Waals surface area contributed by atoms with Crippen LogP contribution >= 0.6 is 11.6 Å². The van der Waals surface area contributed by atoms with Crippen LogP contribution in [0.1, 0.15) is 34.5 Å². The Kier molecular flexibility index (Phi) is 6.90. The Morgan fingerprint density at radius 3 is 2.56 bits per heavy atom. The molecule has 1 fully saturated rings. The second-order valence-corrected chi connectivity index (χ2v) is 8.56. The molecule has 0 saturated carbocycles. The highest BCUT2D eigenvalue weighted by molar-refractivity contribution is 6.30. The summed E-state index contributed by atoms with van der Waals surface area (Å²) in [7, 11) is 1.38. The molecule has 34 heavy (non-hydrogen) atoms. The Balaban J connectivity index is 1.33. The number of nitrogens with zero attached hydrogens (tertiary/aromatic N) is 4. The molecule has 0 bridgehead atoms. The molecule has 1 N–H and O–H groups in total. The Labute approximate surface area is 198 Å². The maximum atomic E-state index is 13.4. The van der Waals surface area contributed by atoms with E-state index in [1.54, 1.807) is 24.3 Å². The van der Waals surface area contributed by atoms with E-state index in [4.69, 9.17) is 11.6 Å². The summed E-state index contributed by atoms with van der Waals surface area (Å²) in [5, 5.41) is 6.44. The van der Waals surface area contributed by atoms with E-state index in [0.717, 1.165) is 4.68 Å². The minimum absolute atomic E-state index is 0.0306. The molecule has 1 aliphatic heterocycles. The van der Waals surface area contributed by atoms with Gasteiger partial charge in [-0.3, -0.25) is 19.4 Å². The summed E-state index contributed by atoms with van der Waals surface area (Å²) in [5.74, 6) is -0.653. The van der Waals surface area contributed by atoms with E-state index < -0.39 is 11.9 Å². The highest BCUT2D eigenvalue weighted by Gasteiger charge is 2.39. The molecule has 3 aromatic rings. The first kappa shape index (κ1) is 24.2. The maximum Gasteiger partial charge on any atom is 0.435 e. The first-order valence-corrected chi connectivity index (χ1v) is 11.0. The van der Waals surface area contributed by atoms with Crippen molar-refractivity contribution < 1.29 is 22.4 Å². The smallest absolute Gasteiger partial charge is 0.349 e. The van der Waals surface area contributed by atoms with Gasteiger partial charge < -0.3 is 5.32 Å². The van der Waals surface area contributed by atoms with Gasteiger partial charge in [-0.2, -0.15) is 18.3 Å². The molecular weight excluding hydrogens is 474 g/mol. The molecule has 1 saturated heterocycles. The molecule has 6 nitrogen and oxygen atoms in total. The zero-order valence-electron chi connectivity index (χ0n) is 18.2. The van der Waals surface area contributed by atoms with Gasteiger partial charge in [-0.25, -0.2) is 4.39 Å². The van der Waals surface area contributed by atoms with Crippen molar-refractivity contribution in [2.45, 2.75) is 31.6 Å². The molecule has 4 rings (SSSR count). The van der Waals surface area contributed by atoms with Gasteiger partial charge in [0.1, 0.15) is 11.0 Å². The molecule has 0 aliphatic carbocycles.